The van der Waals surface area contributed by atoms with Gasteiger partial charge < -0.3 is 11.5 Å². The first-order valence-corrected chi connectivity index (χ1v) is 5.15. The average molecular weight is 214 g/mol. The Labute approximate surface area is 94.4 Å². The molecular weight excluding hydrogens is 200 g/mol. The van der Waals surface area contributed by atoms with Crippen LogP contribution in [-0.2, 0) is 0 Å². The smallest absolute Gasteiger partial charge is 0.186 e. The minimum absolute atomic E-state index is 0.0758. The first-order valence-electron chi connectivity index (χ1n) is 5.15. The summed E-state index contributed by atoms with van der Waals surface area (Å²) in [7, 11) is 0. The molecule has 0 radical (unpaired) electrons. The Hall–Kier alpha value is -1.87. The summed E-state index contributed by atoms with van der Waals surface area (Å²) in [4.78, 5) is 12.2. The maximum atomic E-state index is 12.2. The summed E-state index contributed by atoms with van der Waals surface area (Å²) in [6.07, 6.45) is 7.87. The summed E-state index contributed by atoms with van der Waals surface area (Å²) < 4.78 is 0. The molecule has 0 fully saturated rings. The van der Waals surface area contributed by atoms with E-state index >= 15 is 0 Å². The van der Waals surface area contributed by atoms with Gasteiger partial charge in [-0.15, -0.1) is 0 Å². The van der Waals surface area contributed by atoms with Gasteiger partial charge in [0.2, 0.25) is 0 Å². The molecule has 0 saturated carbocycles. The van der Waals surface area contributed by atoms with Crippen molar-refractivity contribution in [3.8, 4) is 0 Å². The number of nitrogen functional groups attached to an aromatic ring is 1. The van der Waals surface area contributed by atoms with Crippen LogP contribution in [0.25, 0.3) is 0 Å². The second-order valence-corrected chi connectivity index (χ2v) is 3.98. The number of anilines is 1. The zero-order chi connectivity index (χ0) is 11.6. The molecule has 3 heteroatoms. The molecule has 1 aromatic rings. The van der Waals surface area contributed by atoms with Gasteiger partial charge in [-0.05, 0) is 30.7 Å². The van der Waals surface area contributed by atoms with E-state index in [4.69, 9.17) is 11.5 Å². The lowest BCUT2D eigenvalue weighted by atomic mass is 9.84. The van der Waals surface area contributed by atoms with E-state index in [9.17, 15) is 4.79 Å². The van der Waals surface area contributed by atoms with Crippen LogP contribution in [0.1, 0.15) is 16.8 Å². The second-order valence-electron chi connectivity index (χ2n) is 3.98. The standard InChI is InChI=1S/C13H14N2O/c14-11-6-4-10(5-7-11)12(16)13(15)8-2-1-3-9-13/h1-8H,9,14-15H2. The predicted octanol–water partition coefficient (Wildman–Crippen LogP) is 1.67. The van der Waals surface area contributed by atoms with E-state index < -0.39 is 5.54 Å². The number of allylic oxidation sites excluding steroid dienone is 2. The van der Waals surface area contributed by atoms with Gasteiger partial charge in [0.05, 0.1) is 0 Å². The molecule has 1 unspecified atom stereocenters. The predicted molar refractivity (Wildman–Crippen MR) is 65.0 cm³/mol. The minimum atomic E-state index is -0.912. The third kappa shape index (κ3) is 1.90. The Balaban J connectivity index is 2.28. The van der Waals surface area contributed by atoms with Crippen molar-refractivity contribution < 1.29 is 4.79 Å². The van der Waals surface area contributed by atoms with Gasteiger partial charge in [-0.2, -0.15) is 0 Å². The van der Waals surface area contributed by atoms with Crippen LogP contribution in [0.4, 0.5) is 5.69 Å². The first kappa shape index (κ1) is 10.6. The average Bonchev–Trinajstić information content (AvgIpc) is 2.30. The zero-order valence-electron chi connectivity index (χ0n) is 8.89. The molecule has 82 valence electrons. The van der Waals surface area contributed by atoms with Gasteiger partial charge in [-0.3, -0.25) is 4.79 Å². The van der Waals surface area contributed by atoms with Crippen molar-refractivity contribution in [2.45, 2.75) is 12.0 Å². The fourth-order valence-corrected chi connectivity index (χ4v) is 1.71. The van der Waals surface area contributed by atoms with Gasteiger partial charge in [-0.25, -0.2) is 0 Å². The number of Topliss-reactive ketones (excluding diaryl/α,β-unsaturated/α-hetero) is 1. The number of hydrogen-bond acceptors (Lipinski definition) is 3. The number of ketones is 1. The van der Waals surface area contributed by atoms with Gasteiger partial charge in [0.25, 0.3) is 0 Å². The molecule has 0 aliphatic heterocycles. The quantitative estimate of drug-likeness (QED) is 0.581. The molecule has 0 aromatic heterocycles. The fraction of sp³-hybridized carbons (Fsp3) is 0.154. The van der Waals surface area contributed by atoms with Gasteiger partial charge in [0.15, 0.2) is 5.78 Å². The Kier molecular flexibility index (Phi) is 2.62. The molecule has 3 nitrogen and oxygen atoms in total. The maximum Gasteiger partial charge on any atom is 0.186 e. The molecule has 1 aromatic carbocycles. The molecule has 0 saturated heterocycles. The monoisotopic (exact) mass is 214 g/mol. The Morgan fingerprint density at radius 3 is 2.44 bits per heavy atom. The van der Waals surface area contributed by atoms with Crippen LogP contribution in [0.15, 0.2) is 48.6 Å². The molecule has 4 N–H and O–H groups in total. The highest BCUT2D eigenvalue weighted by Crippen LogP contribution is 2.20. The molecule has 0 amide bonds. The summed E-state index contributed by atoms with van der Waals surface area (Å²) in [6, 6.07) is 6.83. The van der Waals surface area contributed by atoms with Crippen molar-refractivity contribution in [2.75, 3.05) is 5.73 Å². The highest BCUT2D eigenvalue weighted by atomic mass is 16.1. The molecule has 1 aliphatic carbocycles. The van der Waals surface area contributed by atoms with Gasteiger partial charge >= 0.3 is 0 Å². The number of rotatable bonds is 2. The summed E-state index contributed by atoms with van der Waals surface area (Å²) in [5.74, 6) is -0.0758. The lowest BCUT2D eigenvalue weighted by Gasteiger charge is -2.24. The van der Waals surface area contributed by atoms with Crippen LogP contribution >= 0.6 is 0 Å². The zero-order valence-corrected chi connectivity index (χ0v) is 8.89. The van der Waals surface area contributed by atoms with Gasteiger partial charge in [-0.1, -0.05) is 24.3 Å². The Morgan fingerprint density at radius 1 is 1.19 bits per heavy atom. The highest BCUT2D eigenvalue weighted by molar-refractivity contribution is 6.05. The SMILES string of the molecule is Nc1ccc(C(=O)C2(N)C=CC=CC2)cc1. The summed E-state index contributed by atoms with van der Waals surface area (Å²) in [5, 5.41) is 0. The molecule has 16 heavy (non-hydrogen) atoms. The first-order chi connectivity index (χ1) is 7.62. The van der Waals surface area contributed by atoms with Crippen LogP contribution in [0, 0.1) is 0 Å². The van der Waals surface area contributed by atoms with Crippen LogP contribution < -0.4 is 11.5 Å². The second kappa shape index (κ2) is 3.94. The molecular formula is C13H14N2O. The molecule has 2 rings (SSSR count). The normalized spacial score (nSPS) is 23.3. The van der Waals surface area contributed by atoms with E-state index in [0.717, 1.165) is 0 Å². The van der Waals surface area contributed by atoms with Crippen LogP contribution in [0.2, 0.25) is 0 Å². The topological polar surface area (TPSA) is 69.1 Å². The van der Waals surface area contributed by atoms with E-state index in [-0.39, 0.29) is 5.78 Å². The van der Waals surface area contributed by atoms with E-state index in [1.165, 1.54) is 0 Å². The van der Waals surface area contributed by atoms with E-state index in [1.807, 2.05) is 12.2 Å². The number of carbonyl (C=O) groups is 1. The largest absolute Gasteiger partial charge is 0.399 e. The van der Waals surface area contributed by atoms with Crippen molar-refractivity contribution in [1.29, 1.82) is 0 Å². The Morgan fingerprint density at radius 2 is 1.88 bits per heavy atom. The Bertz CT molecular complexity index is 459. The molecule has 1 atom stereocenters. The summed E-state index contributed by atoms with van der Waals surface area (Å²) >= 11 is 0. The molecule has 0 heterocycles. The van der Waals surface area contributed by atoms with E-state index in [2.05, 4.69) is 0 Å². The van der Waals surface area contributed by atoms with Crippen LogP contribution in [-0.4, -0.2) is 11.3 Å². The van der Waals surface area contributed by atoms with E-state index in [1.54, 1.807) is 36.4 Å². The van der Waals surface area contributed by atoms with Gasteiger partial charge in [0, 0.05) is 11.3 Å². The van der Waals surface area contributed by atoms with Crippen molar-refractivity contribution in [3.63, 3.8) is 0 Å². The third-order valence-corrected chi connectivity index (χ3v) is 2.69. The number of carbonyl (C=O) groups excluding carboxylic acids is 1. The number of nitrogens with two attached hydrogens (primary N) is 2. The summed E-state index contributed by atoms with van der Waals surface area (Å²) in [5.41, 5.74) is 11.9. The van der Waals surface area contributed by atoms with Crippen molar-refractivity contribution in [2.24, 2.45) is 5.73 Å². The number of benzene rings is 1. The van der Waals surface area contributed by atoms with Gasteiger partial charge in [0.1, 0.15) is 5.54 Å². The lowest BCUT2D eigenvalue weighted by Crippen LogP contribution is -2.46. The minimum Gasteiger partial charge on any atom is -0.399 e. The van der Waals surface area contributed by atoms with Crippen LogP contribution in [0.3, 0.4) is 0 Å². The molecule has 1 aliphatic rings. The molecule has 0 bridgehead atoms. The highest BCUT2D eigenvalue weighted by Gasteiger charge is 2.31. The maximum absolute atomic E-state index is 12.2. The summed E-state index contributed by atoms with van der Waals surface area (Å²) in [6.45, 7) is 0. The van der Waals surface area contributed by atoms with Crippen molar-refractivity contribution in [3.05, 3.63) is 54.1 Å². The lowest BCUT2D eigenvalue weighted by molar-refractivity contribution is 0.0921. The van der Waals surface area contributed by atoms with Crippen molar-refractivity contribution >= 4 is 11.5 Å². The molecule has 0 spiro atoms. The van der Waals surface area contributed by atoms with Crippen LogP contribution in [0.5, 0.6) is 0 Å². The van der Waals surface area contributed by atoms with E-state index in [0.29, 0.717) is 17.7 Å². The number of hydrogen-bond donors (Lipinski definition) is 2. The van der Waals surface area contributed by atoms with Crippen molar-refractivity contribution in [1.82, 2.24) is 0 Å². The third-order valence-electron chi connectivity index (χ3n) is 2.69. The fourth-order valence-electron chi connectivity index (χ4n) is 1.71.